The molecule has 0 atom stereocenters. The second kappa shape index (κ2) is 7.60. The Morgan fingerprint density at radius 2 is 1.79 bits per heavy atom. The van der Waals surface area contributed by atoms with Crippen LogP contribution >= 0.6 is 11.8 Å². The molecule has 1 heterocycles. The summed E-state index contributed by atoms with van der Waals surface area (Å²) in [5.41, 5.74) is 3.46. The van der Waals surface area contributed by atoms with Gasteiger partial charge in [0.25, 0.3) is 10.0 Å². The molecule has 144 valence electrons. The van der Waals surface area contributed by atoms with Gasteiger partial charge in [0.1, 0.15) is 5.82 Å². The molecule has 0 saturated heterocycles. The van der Waals surface area contributed by atoms with Crippen LogP contribution < -0.4 is 4.31 Å². The van der Waals surface area contributed by atoms with Crippen molar-refractivity contribution < 1.29 is 12.8 Å². The van der Waals surface area contributed by atoms with E-state index in [9.17, 15) is 12.8 Å². The first-order chi connectivity index (χ1) is 13.5. The van der Waals surface area contributed by atoms with Crippen LogP contribution in [-0.2, 0) is 22.2 Å². The molecule has 0 aromatic heterocycles. The fourth-order valence-electron chi connectivity index (χ4n) is 3.47. The minimum absolute atomic E-state index is 0.290. The fourth-order valence-corrected chi connectivity index (χ4v) is 6.20. The van der Waals surface area contributed by atoms with Crippen LogP contribution in [0, 0.1) is 12.7 Å². The number of rotatable bonds is 5. The number of aryl methyl sites for hydroxylation is 1. The number of hydrogen-bond acceptors (Lipinski definition) is 3. The van der Waals surface area contributed by atoms with Crippen molar-refractivity contribution in [1.29, 1.82) is 0 Å². The van der Waals surface area contributed by atoms with Crippen molar-refractivity contribution in [3.63, 3.8) is 0 Å². The zero-order valence-electron chi connectivity index (χ0n) is 15.4. The topological polar surface area (TPSA) is 37.4 Å². The summed E-state index contributed by atoms with van der Waals surface area (Å²) < 4.78 is 42.4. The highest BCUT2D eigenvalue weighted by Gasteiger charge is 2.32. The second-order valence-electron chi connectivity index (χ2n) is 6.79. The summed E-state index contributed by atoms with van der Waals surface area (Å²) in [6, 6.07) is 19.5. The van der Waals surface area contributed by atoms with Gasteiger partial charge in [-0.25, -0.2) is 12.8 Å². The lowest BCUT2D eigenvalue weighted by atomic mass is 10.2. The van der Waals surface area contributed by atoms with Gasteiger partial charge in [-0.2, -0.15) is 0 Å². The Balaban J connectivity index is 1.69. The Labute approximate surface area is 169 Å². The van der Waals surface area contributed by atoms with Gasteiger partial charge in [-0.05, 0) is 48.7 Å². The van der Waals surface area contributed by atoms with Gasteiger partial charge in [0.05, 0.1) is 10.6 Å². The van der Waals surface area contributed by atoms with Crippen LogP contribution in [-0.4, -0.2) is 15.0 Å². The van der Waals surface area contributed by atoms with Gasteiger partial charge in [-0.15, -0.1) is 11.8 Å². The standard InChI is InChI=1S/C22H20FNO2S2/c1-16-10-11-22(18(14-16)15-27-21-9-5-3-7-19(21)23)28(25,26)24-13-12-17-6-2-4-8-20(17)24/h2-11,14H,12-13,15H2,1H3. The van der Waals surface area contributed by atoms with E-state index in [-0.39, 0.29) is 5.82 Å². The van der Waals surface area contributed by atoms with Crippen molar-refractivity contribution in [2.45, 2.75) is 28.9 Å². The number of nitrogens with zero attached hydrogens (tertiary/aromatic N) is 1. The number of thioether (sulfide) groups is 1. The first-order valence-electron chi connectivity index (χ1n) is 9.04. The highest BCUT2D eigenvalue weighted by Crippen LogP contribution is 2.35. The highest BCUT2D eigenvalue weighted by molar-refractivity contribution is 7.98. The normalized spacial score (nSPS) is 13.6. The summed E-state index contributed by atoms with van der Waals surface area (Å²) in [7, 11) is -3.69. The Morgan fingerprint density at radius 3 is 2.61 bits per heavy atom. The molecule has 0 spiro atoms. The van der Waals surface area contributed by atoms with Crippen molar-refractivity contribution in [2.75, 3.05) is 10.8 Å². The summed E-state index contributed by atoms with van der Waals surface area (Å²) in [6.45, 7) is 2.37. The van der Waals surface area contributed by atoms with Gasteiger partial charge in [0, 0.05) is 17.2 Å². The summed E-state index contributed by atoms with van der Waals surface area (Å²) in [6.07, 6.45) is 0.709. The lowest BCUT2D eigenvalue weighted by Crippen LogP contribution is -2.29. The summed E-state index contributed by atoms with van der Waals surface area (Å²) in [5.74, 6) is 0.0881. The van der Waals surface area contributed by atoms with Crippen LogP contribution in [0.15, 0.2) is 76.5 Å². The van der Waals surface area contributed by atoms with Gasteiger partial charge >= 0.3 is 0 Å². The predicted molar refractivity (Wildman–Crippen MR) is 112 cm³/mol. The maximum absolute atomic E-state index is 14.0. The lowest BCUT2D eigenvalue weighted by molar-refractivity contribution is 0.591. The maximum Gasteiger partial charge on any atom is 0.264 e. The van der Waals surface area contributed by atoms with E-state index in [2.05, 4.69) is 0 Å². The van der Waals surface area contributed by atoms with E-state index in [1.165, 1.54) is 22.1 Å². The molecule has 4 rings (SSSR count). The predicted octanol–water partition coefficient (Wildman–Crippen LogP) is 5.18. The van der Waals surface area contributed by atoms with Gasteiger partial charge < -0.3 is 0 Å². The average Bonchev–Trinajstić information content (AvgIpc) is 3.12. The van der Waals surface area contributed by atoms with E-state index in [0.717, 1.165) is 16.8 Å². The van der Waals surface area contributed by atoms with E-state index >= 15 is 0 Å². The smallest absolute Gasteiger partial charge is 0.264 e. The van der Waals surface area contributed by atoms with E-state index < -0.39 is 10.0 Å². The zero-order chi connectivity index (χ0) is 19.7. The Kier molecular flexibility index (Phi) is 5.17. The lowest BCUT2D eigenvalue weighted by Gasteiger charge is -2.21. The first kappa shape index (κ1) is 19.0. The van der Waals surface area contributed by atoms with Crippen molar-refractivity contribution in [2.24, 2.45) is 0 Å². The van der Waals surface area contributed by atoms with Crippen LogP contribution in [0.4, 0.5) is 10.1 Å². The third kappa shape index (κ3) is 3.54. The molecule has 1 aliphatic heterocycles. The molecule has 28 heavy (non-hydrogen) atoms. The van der Waals surface area contributed by atoms with Gasteiger partial charge in [0.15, 0.2) is 0 Å². The molecule has 0 saturated carbocycles. The second-order valence-corrected chi connectivity index (χ2v) is 9.63. The van der Waals surface area contributed by atoms with E-state index in [0.29, 0.717) is 34.1 Å². The number of halogens is 1. The molecule has 0 N–H and O–H groups in total. The number of hydrogen-bond donors (Lipinski definition) is 0. The number of para-hydroxylation sites is 1. The van der Waals surface area contributed by atoms with E-state index in [4.69, 9.17) is 0 Å². The summed E-state index contributed by atoms with van der Waals surface area (Å²) in [4.78, 5) is 0.803. The number of anilines is 1. The Hall–Kier alpha value is -2.31. The third-order valence-corrected chi connectivity index (χ3v) is 7.86. The minimum Gasteiger partial charge on any atom is -0.266 e. The van der Waals surface area contributed by atoms with Crippen LogP contribution in [0.2, 0.25) is 0 Å². The molecule has 3 aromatic carbocycles. The van der Waals surface area contributed by atoms with Crippen LogP contribution in [0.25, 0.3) is 0 Å². The number of fused-ring (bicyclic) bond motifs is 1. The quantitative estimate of drug-likeness (QED) is 0.541. The first-order valence-corrected chi connectivity index (χ1v) is 11.5. The fraction of sp³-hybridized carbons (Fsp3) is 0.182. The van der Waals surface area contributed by atoms with Crippen molar-refractivity contribution in [1.82, 2.24) is 0 Å². The molecule has 1 aliphatic rings. The molecule has 0 bridgehead atoms. The van der Waals surface area contributed by atoms with Gasteiger partial charge in [-0.1, -0.05) is 48.0 Å². The molecule has 0 aliphatic carbocycles. The molecule has 3 aromatic rings. The molecule has 3 nitrogen and oxygen atoms in total. The SMILES string of the molecule is Cc1ccc(S(=O)(=O)N2CCc3ccccc32)c(CSc2ccccc2F)c1. The maximum atomic E-state index is 14.0. The molecule has 0 unspecified atom stereocenters. The van der Waals surface area contributed by atoms with E-state index in [1.54, 1.807) is 24.3 Å². The molecule has 0 amide bonds. The molecule has 6 heteroatoms. The molecule has 0 fully saturated rings. The zero-order valence-corrected chi connectivity index (χ0v) is 17.1. The van der Waals surface area contributed by atoms with Gasteiger partial charge in [0.2, 0.25) is 0 Å². The Morgan fingerprint density at radius 1 is 1.04 bits per heavy atom. The Bertz CT molecular complexity index is 1130. The van der Waals surface area contributed by atoms with Crippen molar-refractivity contribution in [3.05, 3.63) is 89.2 Å². The third-order valence-electron chi connectivity index (χ3n) is 4.85. The van der Waals surface area contributed by atoms with Gasteiger partial charge in [-0.3, -0.25) is 4.31 Å². The monoisotopic (exact) mass is 413 g/mol. The number of benzene rings is 3. The molecule has 0 radical (unpaired) electrons. The minimum atomic E-state index is -3.69. The summed E-state index contributed by atoms with van der Waals surface area (Å²) >= 11 is 1.31. The van der Waals surface area contributed by atoms with Crippen molar-refractivity contribution in [3.8, 4) is 0 Å². The van der Waals surface area contributed by atoms with Crippen LogP contribution in [0.5, 0.6) is 0 Å². The molecular weight excluding hydrogens is 393 g/mol. The van der Waals surface area contributed by atoms with Crippen LogP contribution in [0.3, 0.4) is 0 Å². The van der Waals surface area contributed by atoms with Crippen LogP contribution in [0.1, 0.15) is 16.7 Å². The summed E-state index contributed by atoms with van der Waals surface area (Å²) in [5, 5.41) is 0. The number of sulfonamides is 1. The van der Waals surface area contributed by atoms with E-state index in [1.807, 2.05) is 43.3 Å². The molecular formula is C22H20FNO2S2. The largest absolute Gasteiger partial charge is 0.266 e. The average molecular weight is 414 g/mol. The van der Waals surface area contributed by atoms with Crippen molar-refractivity contribution >= 4 is 27.5 Å². The highest BCUT2D eigenvalue weighted by atomic mass is 32.2.